The van der Waals surface area contributed by atoms with E-state index >= 15 is 0 Å². The molecule has 5 nitrogen and oxygen atoms in total. The van der Waals surface area contributed by atoms with Crippen LogP contribution in [0, 0.1) is 6.92 Å². The van der Waals surface area contributed by atoms with E-state index in [0.29, 0.717) is 13.0 Å². The van der Waals surface area contributed by atoms with Crippen molar-refractivity contribution in [3.63, 3.8) is 0 Å². The maximum atomic E-state index is 13.1. The zero-order valence-electron chi connectivity index (χ0n) is 16.7. The highest BCUT2D eigenvalue weighted by Gasteiger charge is 2.26. The Hall–Kier alpha value is -2.18. The average Bonchev–Trinajstić information content (AvgIpc) is 2.69. The molecule has 0 heterocycles. The van der Waals surface area contributed by atoms with Crippen LogP contribution in [0.2, 0.25) is 0 Å². The summed E-state index contributed by atoms with van der Waals surface area (Å²) in [5.74, 6) is -0.264. The minimum absolute atomic E-state index is 0.171. The molecule has 0 atom stereocenters. The second kappa shape index (κ2) is 11.0. The highest BCUT2D eigenvalue weighted by atomic mass is 32.2. The first-order valence-electron chi connectivity index (χ1n) is 9.81. The van der Waals surface area contributed by atoms with Gasteiger partial charge in [0.1, 0.15) is 0 Å². The Morgan fingerprint density at radius 1 is 1.00 bits per heavy atom. The van der Waals surface area contributed by atoms with E-state index in [1.807, 2.05) is 37.3 Å². The summed E-state index contributed by atoms with van der Waals surface area (Å²) in [5, 5.41) is 2.83. The summed E-state index contributed by atoms with van der Waals surface area (Å²) in [4.78, 5) is 12.6. The molecule has 0 saturated heterocycles. The number of amides is 1. The van der Waals surface area contributed by atoms with Crippen molar-refractivity contribution in [2.24, 2.45) is 0 Å². The number of unbranched alkanes of at least 4 members (excludes halogenated alkanes) is 2. The van der Waals surface area contributed by atoms with Crippen molar-refractivity contribution < 1.29 is 13.2 Å². The van der Waals surface area contributed by atoms with E-state index in [1.54, 1.807) is 24.3 Å². The van der Waals surface area contributed by atoms with Gasteiger partial charge in [0.25, 0.3) is 0 Å². The molecule has 0 spiro atoms. The van der Waals surface area contributed by atoms with Crippen LogP contribution in [0.25, 0.3) is 0 Å². The number of nitrogens with zero attached hydrogens (tertiary/aromatic N) is 1. The Morgan fingerprint density at radius 3 is 2.32 bits per heavy atom. The number of sulfonamides is 1. The van der Waals surface area contributed by atoms with Gasteiger partial charge in [-0.2, -0.15) is 4.31 Å². The van der Waals surface area contributed by atoms with Gasteiger partial charge in [0, 0.05) is 13.1 Å². The van der Waals surface area contributed by atoms with Crippen LogP contribution in [0.4, 0.5) is 0 Å². The first-order chi connectivity index (χ1) is 13.4. The van der Waals surface area contributed by atoms with Gasteiger partial charge in [-0.15, -0.1) is 0 Å². The van der Waals surface area contributed by atoms with E-state index in [0.717, 1.165) is 30.4 Å². The Labute approximate surface area is 168 Å². The van der Waals surface area contributed by atoms with Crippen molar-refractivity contribution in [3.8, 4) is 0 Å². The summed E-state index contributed by atoms with van der Waals surface area (Å²) in [6.07, 6.45) is 3.56. The Morgan fingerprint density at radius 2 is 1.68 bits per heavy atom. The number of hydrogen-bond acceptors (Lipinski definition) is 3. The van der Waals surface area contributed by atoms with Crippen molar-refractivity contribution in [2.45, 2.75) is 44.4 Å². The molecule has 0 aliphatic heterocycles. The lowest BCUT2D eigenvalue weighted by atomic mass is 10.1. The molecule has 0 aromatic heterocycles. The molecule has 0 saturated carbocycles. The number of rotatable bonds is 11. The van der Waals surface area contributed by atoms with Crippen LogP contribution in [0.1, 0.15) is 37.3 Å². The monoisotopic (exact) mass is 402 g/mol. The van der Waals surface area contributed by atoms with Crippen LogP contribution in [-0.4, -0.2) is 38.3 Å². The first kappa shape index (κ1) is 22.1. The summed E-state index contributed by atoms with van der Waals surface area (Å²) in [6.45, 7) is 4.66. The number of hydrogen-bond donors (Lipinski definition) is 1. The second-order valence-corrected chi connectivity index (χ2v) is 8.88. The summed E-state index contributed by atoms with van der Waals surface area (Å²) in [6, 6.07) is 16.4. The van der Waals surface area contributed by atoms with Gasteiger partial charge >= 0.3 is 0 Å². The van der Waals surface area contributed by atoms with Crippen LogP contribution in [0.3, 0.4) is 0 Å². The van der Waals surface area contributed by atoms with Gasteiger partial charge in [-0.3, -0.25) is 4.79 Å². The van der Waals surface area contributed by atoms with Gasteiger partial charge < -0.3 is 5.32 Å². The molecule has 2 aromatic carbocycles. The number of nitrogens with one attached hydrogen (secondary N) is 1. The topological polar surface area (TPSA) is 66.5 Å². The highest BCUT2D eigenvalue weighted by molar-refractivity contribution is 7.89. The van der Waals surface area contributed by atoms with Crippen LogP contribution in [0.5, 0.6) is 0 Å². The van der Waals surface area contributed by atoms with E-state index in [2.05, 4.69) is 12.2 Å². The average molecular weight is 403 g/mol. The number of aryl methyl sites for hydroxylation is 1. The van der Waals surface area contributed by atoms with Crippen molar-refractivity contribution >= 4 is 15.9 Å². The van der Waals surface area contributed by atoms with E-state index in [1.165, 1.54) is 4.31 Å². The standard InChI is InChI=1S/C22H30N2O3S/c1-3-4-8-16-23-22(25)18-24(17-15-20-9-6-5-7-10-20)28(26,27)21-13-11-19(2)12-14-21/h5-7,9-14H,3-4,8,15-18H2,1-2H3,(H,23,25). The predicted molar refractivity (Wildman–Crippen MR) is 113 cm³/mol. The normalized spacial score (nSPS) is 11.5. The van der Waals surface area contributed by atoms with Gasteiger partial charge in [-0.1, -0.05) is 67.8 Å². The smallest absolute Gasteiger partial charge is 0.243 e. The maximum Gasteiger partial charge on any atom is 0.243 e. The molecule has 28 heavy (non-hydrogen) atoms. The SMILES string of the molecule is CCCCCNC(=O)CN(CCc1ccccc1)S(=O)(=O)c1ccc(C)cc1. The fourth-order valence-corrected chi connectivity index (χ4v) is 4.26. The highest BCUT2D eigenvalue weighted by Crippen LogP contribution is 2.17. The third kappa shape index (κ3) is 6.77. The van der Waals surface area contributed by atoms with Crippen LogP contribution >= 0.6 is 0 Å². The Bertz CT molecular complexity index is 834. The molecule has 152 valence electrons. The molecule has 1 amide bonds. The van der Waals surface area contributed by atoms with Gasteiger partial charge in [-0.05, 0) is 37.5 Å². The minimum atomic E-state index is -3.75. The second-order valence-electron chi connectivity index (χ2n) is 6.94. The lowest BCUT2D eigenvalue weighted by Crippen LogP contribution is -2.42. The Kier molecular flexibility index (Phi) is 8.67. The molecule has 2 rings (SSSR count). The zero-order chi connectivity index (χ0) is 20.4. The van der Waals surface area contributed by atoms with Crippen molar-refractivity contribution in [3.05, 3.63) is 65.7 Å². The molecule has 0 bridgehead atoms. The van der Waals surface area contributed by atoms with E-state index in [4.69, 9.17) is 0 Å². The molecular formula is C22H30N2O3S. The van der Waals surface area contributed by atoms with Gasteiger partial charge in [0.15, 0.2) is 0 Å². The van der Waals surface area contributed by atoms with E-state index < -0.39 is 10.0 Å². The van der Waals surface area contributed by atoms with Crippen LogP contribution in [0.15, 0.2) is 59.5 Å². The number of carbonyl (C=O) groups excluding carboxylic acids is 1. The predicted octanol–water partition coefficient (Wildman–Crippen LogP) is 3.53. The summed E-state index contributed by atoms with van der Waals surface area (Å²) in [5.41, 5.74) is 2.03. The lowest BCUT2D eigenvalue weighted by molar-refractivity contribution is -0.121. The third-order valence-electron chi connectivity index (χ3n) is 4.57. The fourth-order valence-electron chi connectivity index (χ4n) is 2.86. The number of carbonyl (C=O) groups is 1. The molecule has 6 heteroatoms. The molecule has 0 aliphatic rings. The van der Waals surface area contributed by atoms with Crippen LogP contribution < -0.4 is 5.32 Å². The molecule has 0 aliphatic carbocycles. The molecular weight excluding hydrogens is 372 g/mol. The van der Waals surface area contributed by atoms with Crippen molar-refractivity contribution in [1.82, 2.24) is 9.62 Å². The largest absolute Gasteiger partial charge is 0.355 e. The Balaban J connectivity index is 2.12. The summed E-state index contributed by atoms with van der Waals surface area (Å²) in [7, 11) is -3.75. The molecule has 2 aromatic rings. The van der Waals surface area contributed by atoms with Crippen molar-refractivity contribution in [2.75, 3.05) is 19.6 Å². The molecule has 1 N–H and O–H groups in total. The van der Waals surface area contributed by atoms with Crippen molar-refractivity contribution in [1.29, 1.82) is 0 Å². The fraction of sp³-hybridized carbons (Fsp3) is 0.409. The van der Waals surface area contributed by atoms with Gasteiger partial charge in [-0.25, -0.2) is 8.42 Å². The molecule has 0 radical (unpaired) electrons. The maximum absolute atomic E-state index is 13.1. The lowest BCUT2D eigenvalue weighted by Gasteiger charge is -2.22. The quantitative estimate of drug-likeness (QED) is 0.585. The van der Waals surface area contributed by atoms with E-state index in [9.17, 15) is 13.2 Å². The van der Waals surface area contributed by atoms with Gasteiger partial charge in [0.2, 0.25) is 15.9 Å². The van der Waals surface area contributed by atoms with Crippen LogP contribution in [-0.2, 0) is 21.2 Å². The summed E-state index contributed by atoms with van der Waals surface area (Å²) < 4.78 is 27.5. The first-order valence-corrected chi connectivity index (χ1v) is 11.2. The molecule has 0 fully saturated rings. The number of benzene rings is 2. The zero-order valence-corrected chi connectivity index (χ0v) is 17.5. The minimum Gasteiger partial charge on any atom is -0.355 e. The molecule has 0 unspecified atom stereocenters. The summed E-state index contributed by atoms with van der Waals surface area (Å²) >= 11 is 0. The van der Waals surface area contributed by atoms with Gasteiger partial charge in [0.05, 0.1) is 11.4 Å². The third-order valence-corrected chi connectivity index (χ3v) is 6.43. The van der Waals surface area contributed by atoms with E-state index in [-0.39, 0.29) is 23.9 Å².